The first kappa shape index (κ1) is 14.8. The molecule has 1 amide bonds. The Balaban J connectivity index is 2.15. The van der Waals surface area contributed by atoms with Crippen molar-refractivity contribution in [3.05, 3.63) is 57.4 Å². The van der Waals surface area contributed by atoms with E-state index in [0.29, 0.717) is 14.8 Å². The number of nitrogens with one attached hydrogen (secondary N) is 1. The van der Waals surface area contributed by atoms with Crippen LogP contribution in [0.5, 0.6) is 0 Å². The van der Waals surface area contributed by atoms with Crippen LogP contribution in [0.1, 0.15) is 10.4 Å². The van der Waals surface area contributed by atoms with Crippen LogP contribution in [0, 0.1) is 9.39 Å². The molecule has 2 aromatic rings. The minimum absolute atomic E-state index is 0.208. The van der Waals surface area contributed by atoms with Gasteiger partial charge in [0, 0.05) is 28.9 Å². The number of amides is 1. The quantitative estimate of drug-likeness (QED) is 0.818. The standard InChI is InChI=1S/C15H14FIN2O/c1-19(2)12-6-3-10(4-7-12)15(20)18-14-8-5-11(16)9-13(14)17/h3-9H,1-2H3,(H,18,20). The maximum Gasteiger partial charge on any atom is 0.255 e. The normalized spacial score (nSPS) is 10.2. The number of hydrogen-bond donors (Lipinski definition) is 1. The molecule has 2 rings (SSSR count). The molecule has 104 valence electrons. The van der Waals surface area contributed by atoms with Crippen molar-refractivity contribution in [1.82, 2.24) is 0 Å². The van der Waals surface area contributed by atoms with E-state index in [4.69, 9.17) is 0 Å². The van der Waals surface area contributed by atoms with Gasteiger partial charge in [-0.15, -0.1) is 0 Å². The van der Waals surface area contributed by atoms with Gasteiger partial charge in [-0.3, -0.25) is 4.79 Å². The molecule has 2 aromatic carbocycles. The van der Waals surface area contributed by atoms with Gasteiger partial charge in [-0.1, -0.05) is 0 Å². The highest BCUT2D eigenvalue weighted by Crippen LogP contribution is 2.20. The van der Waals surface area contributed by atoms with Crippen LogP contribution in [-0.2, 0) is 0 Å². The van der Waals surface area contributed by atoms with Gasteiger partial charge in [0.25, 0.3) is 5.91 Å². The van der Waals surface area contributed by atoms with Crippen LogP contribution in [0.4, 0.5) is 15.8 Å². The first-order chi connectivity index (χ1) is 9.47. The Morgan fingerprint density at radius 3 is 2.35 bits per heavy atom. The summed E-state index contributed by atoms with van der Waals surface area (Å²) >= 11 is 1.99. The molecule has 0 aromatic heterocycles. The second kappa shape index (κ2) is 6.21. The molecule has 0 radical (unpaired) electrons. The SMILES string of the molecule is CN(C)c1ccc(C(=O)Nc2ccc(F)cc2I)cc1. The fraction of sp³-hybridized carbons (Fsp3) is 0.133. The Labute approximate surface area is 130 Å². The highest BCUT2D eigenvalue weighted by molar-refractivity contribution is 14.1. The summed E-state index contributed by atoms with van der Waals surface area (Å²) < 4.78 is 13.7. The molecule has 0 fully saturated rings. The average Bonchev–Trinajstić information content (AvgIpc) is 2.42. The van der Waals surface area contributed by atoms with E-state index in [1.165, 1.54) is 12.1 Å². The molecule has 1 N–H and O–H groups in total. The minimum Gasteiger partial charge on any atom is -0.378 e. The molecule has 0 aliphatic rings. The van der Waals surface area contributed by atoms with E-state index < -0.39 is 0 Å². The molecular weight excluding hydrogens is 370 g/mol. The topological polar surface area (TPSA) is 32.3 Å². The molecule has 0 unspecified atom stereocenters. The van der Waals surface area contributed by atoms with Crippen LogP contribution in [0.2, 0.25) is 0 Å². The molecule has 3 nitrogen and oxygen atoms in total. The Bertz CT molecular complexity index is 626. The first-order valence-corrected chi connectivity index (χ1v) is 7.09. The maximum atomic E-state index is 13.0. The van der Waals surface area contributed by atoms with Crippen molar-refractivity contribution in [2.45, 2.75) is 0 Å². The summed E-state index contributed by atoms with van der Waals surface area (Å²) in [6.45, 7) is 0. The van der Waals surface area contributed by atoms with Crippen LogP contribution < -0.4 is 10.2 Å². The lowest BCUT2D eigenvalue weighted by Gasteiger charge is -2.13. The van der Waals surface area contributed by atoms with Crippen molar-refractivity contribution >= 4 is 39.9 Å². The van der Waals surface area contributed by atoms with E-state index in [1.54, 1.807) is 18.2 Å². The smallest absolute Gasteiger partial charge is 0.255 e. The molecule has 5 heteroatoms. The Morgan fingerprint density at radius 1 is 1.15 bits per heavy atom. The van der Waals surface area contributed by atoms with Gasteiger partial charge in [0.05, 0.1) is 5.69 Å². The number of halogens is 2. The van der Waals surface area contributed by atoms with E-state index in [0.717, 1.165) is 5.69 Å². The summed E-state index contributed by atoms with van der Waals surface area (Å²) in [5, 5.41) is 2.78. The third kappa shape index (κ3) is 3.47. The van der Waals surface area contributed by atoms with Gasteiger partial charge in [0.1, 0.15) is 5.82 Å². The average molecular weight is 384 g/mol. The number of anilines is 2. The van der Waals surface area contributed by atoms with Gasteiger partial charge in [-0.2, -0.15) is 0 Å². The molecule has 0 saturated heterocycles. The first-order valence-electron chi connectivity index (χ1n) is 6.01. The summed E-state index contributed by atoms with van der Waals surface area (Å²) in [6.07, 6.45) is 0. The molecule has 20 heavy (non-hydrogen) atoms. The molecule has 0 bridgehead atoms. The van der Waals surface area contributed by atoms with E-state index in [1.807, 2.05) is 53.7 Å². The number of rotatable bonds is 3. The van der Waals surface area contributed by atoms with Crippen molar-refractivity contribution in [2.75, 3.05) is 24.3 Å². The van der Waals surface area contributed by atoms with Crippen LogP contribution >= 0.6 is 22.6 Å². The fourth-order valence-electron chi connectivity index (χ4n) is 1.70. The van der Waals surface area contributed by atoms with Crippen molar-refractivity contribution in [3.63, 3.8) is 0 Å². The fourth-order valence-corrected chi connectivity index (χ4v) is 2.31. The van der Waals surface area contributed by atoms with E-state index in [9.17, 15) is 9.18 Å². The molecule has 0 saturated carbocycles. The molecule has 0 heterocycles. The third-order valence-electron chi connectivity index (χ3n) is 2.83. The van der Waals surface area contributed by atoms with Crippen LogP contribution in [0.25, 0.3) is 0 Å². The molecule has 0 spiro atoms. The van der Waals surface area contributed by atoms with Gasteiger partial charge in [-0.25, -0.2) is 4.39 Å². The van der Waals surface area contributed by atoms with Crippen molar-refractivity contribution in [1.29, 1.82) is 0 Å². The molecule has 0 aliphatic heterocycles. The van der Waals surface area contributed by atoms with Gasteiger partial charge in [0.15, 0.2) is 0 Å². The van der Waals surface area contributed by atoms with Gasteiger partial charge < -0.3 is 10.2 Å². The maximum absolute atomic E-state index is 13.0. The number of benzene rings is 2. The zero-order valence-corrected chi connectivity index (χ0v) is 13.3. The van der Waals surface area contributed by atoms with Crippen LogP contribution in [-0.4, -0.2) is 20.0 Å². The van der Waals surface area contributed by atoms with E-state index in [2.05, 4.69) is 5.32 Å². The van der Waals surface area contributed by atoms with E-state index >= 15 is 0 Å². The highest BCUT2D eigenvalue weighted by Gasteiger charge is 2.09. The highest BCUT2D eigenvalue weighted by atomic mass is 127. The Morgan fingerprint density at radius 2 is 1.80 bits per heavy atom. The minimum atomic E-state index is -0.317. The Kier molecular flexibility index (Phi) is 4.59. The number of hydrogen-bond acceptors (Lipinski definition) is 2. The Hall–Kier alpha value is -1.63. The zero-order valence-electron chi connectivity index (χ0n) is 11.2. The van der Waals surface area contributed by atoms with Gasteiger partial charge in [0.2, 0.25) is 0 Å². The monoisotopic (exact) mass is 384 g/mol. The lowest BCUT2D eigenvalue weighted by Crippen LogP contribution is -2.14. The summed E-state index contributed by atoms with van der Waals surface area (Å²) in [6, 6.07) is 11.6. The molecule has 0 aliphatic carbocycles. The van der Waals surface area contributed by atoms with Crippen molar-refractivity contribution in [2.24, 2.45) is 0 Å². The zero-order chi connectivity index (χ0) is 14.7. The van der Waals surface area contributed by atoms with Crippen LogP contribution in [0.3, 0.4) is 0 Å². The number of nitrogens with zero attached hydrogens (tertiary/aromatic N) is 1. The number of carbonyl (C=O) groups excluding carboxylic acids is 1. The second-order valence-electron chi connectivity index (χ2n) is 4.52. The lowest BCUT2D eigenvalue weighted by atomic mass is 10.2. The largest absolute Gasteiger partial charge is 0.378 e. The summed E-state index contributed by atoms with van der Waals surface area (Å²) in [5.74, 6) is -0.525. The predicted molar refractivity (Wildman–Crippen MR) is 87.8 cm³/mol. The summed E-state index contributed by atoms with van der Waals surface area (Å²) in [4.78, 5) is 14.1. The van der Waals surface area contributed by atoms with Gasteiger partial charge in [-0.05, 0) is 65.1 Å². The van der Waals surface area contributed by atoms with Crippen molar-refractivity contribution in [3.8, 4) is 0 Å². The predicted octanol–water partition coefficient (Wildman–Crippen LogP) is 3.75. The van der Waals surface area contributed by atoms with Crippen molar-refractivity contribution < 1.29 is 9.18 Å². The lowest BCUT2D eigenvalue weighted by molar-refractivity contribution is 0.102. The summed E-state index contributed by atoms with van der Waals surface area (Å²) in [5.41, 5.74) is 2.20. The summed E-state index contributed by atoms with van der Waals surface area (Å²) in [7, 11) is 3.88. The van der Waals surface area contributed by atoms with Gasteiger partial charge >= 0.3 is 0 Å². The second-order valence-corrected chi connectivity index (χ2v) is 5.68. The number of carbonyl (C=O) groups is 1. The van der Waals surface area contributed by atoms with E-state index in [-0.39, 0.29) is 11.7 Å². The molecular formula is C15H14FIN2O. The molecule has 0 atom stereocenters. The third-order valence-corrected chi connectivity index (χ3v) is 3.72. The van der Waals surface area contributed by atoms with Crippen LogP contribution in [0.15, 0.2) is 42.5 Å².